The van der Waals surface area contributed by atoms with Crippen LogP contribution in [0.1, 0.15) is 30.4 Å². The van der Waals surface area contributed by atoms with E-state index < -0.39 is 11.6 Å². The zero-order chi connectivity index (χ0) is 21.3. The number of likely N-dealkylation sites (tertiary alicyclic amines) is 1. The van der Waals surface area contributed by atoms with Crippen molar-refractivity contribution < 1.29 is 18.4 Å². The molecule has 1 heterocycles. The molecule has 3 rings (SSSR count). The first-order chi connectivity index (χ1) is 14.5. The molecule has 1 fully saturated rings. The van der Waals surface area contributed by atoms with Crippen LogP contribution < -0.4 is 10.6 Å². The molecule has 7 heteroatoms. The minimum Gasteiger partial charge on any atom is -0.355 e. The third-order valence-corrected chi connectivity index (χ3v) is 5.22. The normalized spacial score (nSPS) is 15.0. The second kappa shape index (κ2) is 10.8. The lowest BCUT2D eigenvalue weighted by Crippen LogP contribution is -2.45. The van der Waals surface area contributed by atoms with Crippen molar-refractivity contribution >= 4 is 11.8 Å². The van der Waals surface area contributed by atoms with Crippen LogP contribution in [-0.4, -0.2) is 42.4 Å². The Morgan fingerprint density at radius 1 is 0.933 bits per heavy atom. The van der Waals surface area contributed by atoms with E-state index in [9.17, 15) is 18.4 Å². The first-order valence-corrected chi connectivity index (χ1v) is 10.3. The van der Waals surface area contributed by atoms with Crippen LogP contribution in [0.4, 0.5) is 8.78 Å². The summed E-state index contributed by atoms with van der Waals surface area (Å²) >= 11 is 0. The first kappa shape index (κ1) is 21.9. The van der Waals surface area contributed by atoms with Gasteiger partial charge in [-0.05, 0) is 36.1 Å². The molecule has 160 valence electrons. The van der Waals surface area contributed by atoms with Crippen molar-refractivity contribution in [2.24, 2.45) is 0 Å². The second-order valence-corrected chi connectivity index (χ2v) is 7.63. The smallest absolute Gasteiger partial charge is 0.224 e. The van der Waals surface area contributed by atoms with Gasteiger partial charge in [0.15, 0.2) is 11.6 Å². The molecule has 1 aliphatic heterocycles. The van der Waals surface area contributed by atoms with E-state index in [0.29, 0.717) is 19.5 Å². The molecular weight excluding hydrogens is 388 g/mol. The minimum atomic E-state index is -0.837. The molecule has 5 nitrogen and oxygen atoms in total. The van der Waals surface area contributed by atoms with Gasteiger partial charge in [-0.2, -0.15) is 0 Å². The van der Waals surface area contributed by atoms with E-state index in [4.69, 9.17) is 0 Å². The standard InChI is InChI=1S/C23H27F2N3O2/c24-20-7-6-18(14-21(20)25)16-28-12-9-19(10-13-28)27-22(29)8-11-26-23(30)15-17-4-2-1-3-5-17/h1-7,14,19H,8-13,15-16H2,(H,26,30)(H,27,29). The van der Waals surface area contributed by atoms with Crippen molar-refractivity contribution in [2.45, 2.75) is 38.3 Å². The fourth-order valence-corrected chi connectivity index (χ4v) is 3.59. The fraction of sp³-hybridized carbons (Fsp3) is 0.391. The number of rotatable bonds is 8. The Morgan fingerprint density at radius 2 is 1.67 bits per heavy atom. The predicted molar refractivity (Wildman–Crippen MR) is 111 cm³/mol. The molecule has 0 spiro atoms. The molecule has 2 amide bonds. The third-order valence-electron chi connectivity index (χ3n) is 5.22. The summed E-state index contributed by atoms with van der Waals surface area (Å²) in [4.78, 5) is 26.2. The van der Waals surface area contributed by atoms with Gasteiger partial charge >= 0.3 is 0 Å². The zero-order valence-corrected chi connectivity index (χ0v) is 16.9. The molecule has 0 saturated carbocycles. The Bertz CT molecular complexity index is 853. The van der Waals surface area contributed by atoms with Gasteiger partial charge in [-0.25, -0.2) is 8.78 Å². The van der Waals surface area contributed by atoms with Gasteiger partial charge in [0.1, 0.15) is 0 Å². The number of carbonyl (C=O) groups excluding carboxylic acids is 2. The summed E-state index contributed by atoms with van der Waals surface area (Å²) in [7, 11) is 0. The molecule has 1 saturated heterocycles. The lowest BCUT2D eigenvalue weighted by molar-refractivity contribution is -0.122. The molecular formula is C23H27F2N3O2. The van der Waals surface area contributed by atoms with Crippen LogP contribution in [0.15, 0.2) is 48.5 Å². The van der Waals surface area contributed by atoms with E-state index in [-0.39, 0.29) is 24.3 Å². The van der Waals surface area contributed by atoms with Crippen LogP contribution in [0, 0.1) is 11.6 Å². The molecule has 0 aromatic heterocycles. The molecule has 30 heavy (non-hydrogen) atoms. The SMILES string of the molecule is O=C(Cc1ccccc1)NCCC(=O)NC1CCN(Cc2ccc(F)c(F)c2)CC1. The monoisotopic (exact) mass is 415 g/mol. The van der Waals surface area contributed by atoms with Gasteiger partial charge in [-0.15, -0.1) is 0 Å². The van der Waals surface area contributed by atoms with E-state index in [1.54, 1.807) is 6.07 Å². The molecule has 0 atom stereocenters. The van der Waals surface area contributed by atoms with E-state index >= 15 is 0 Å². The maximum atomic E-state index is 13.3. The largest absolute Gasteiger partial charge is 0.355 e. The van der Waals surface area contributed by atoms with Crippen LogP contribution in [0.2, 0.25) is 0 Å². The van der Waals surface area contributed by atoms with Crippen molar-refractivity contribution in [1.29, 1.82) is 0 Å². The Morgan fingerprint density at radius 3 is 2.37 bits per heavy atom. The van der Waals surface area contributed by atoms with Crippen LogP contribution in [0.3, 0.4) is 0 Å². The first-order valence-electron chi connectivity index (χ1n) is 10.3. The van der Waals surface area contributed by atoms with Gasteiger partial charge in [0, 0.05) is 38.6 Å². The molecule has 1 aliphatic rings. The zero-order valence-electron chi connectivity index (χ0n) is 16.9. The van der Waals surface area contributed by atoms with Crippen molar-refractivity contribution in [3.8, 4) is 0 Å². The Labute approximate surface area is 175 Å². The van der Waals surface area contributed by atoms with Gasteiger partial charge in [0.2, 0.25) is 11.8 Å². The van der Waals surface area contributed by atoms with Crippen molar-refractivity contribution in [1.82, 2.24) is 15.5 Å². The minimum absolute atomic E-state index is 0.0749. The lowest BCUT2D eigenvalue weighted by atomic mass is 10.0. The summed E-state index contributed by atoms with van der Waals surface area (Å²) in [6, 6.07) is 13.5. The van der Waals surface area contributed by atoms with Gasteiger partial charge in [-0.3, -0.25) is 14.5 Å². The summed E-state index contributed by atoms with van der Waals surface area (Å²) in [6.45, 7) is 2.42. The maximum absolute atomic E-state index is 13.3. The van der Waals surface area contributed by atoms with Crippen LogP contribution in [-0.2, 0) is 22.6 Å². The number of hydrogen-bond donors (Lipinski definition) is 2. The lowest BCUT2D eigenvalue weighted by Gasteiger charge is -2.32. The van der Waals surface area contributed by atoms with Crippen molar-refractivity contribution in [3.05, 3.63) is 71.3 Å². The fourth-order valence-electron chi connectivity index (χ4n) is 3.59. The number of nitrogens with zero attached hydrogens (tertiary/aromatic N) is 1. The quantitative estimate of drug-likeness (QED) is 0.697. The molecule has 2 aromatic carbocycles. The number of hydrogen-bond acceptors (Lipinski definition) is 3. The van der Waals surface area contributed by atoms with Gasteiger partial charge in [0.05, 0.1) is 6.42 Å². The van der Waals surface area contributed by atoms with Crippen molar-refractivity contribution in [2.75, 3.05) is 19.6 Å². The molecule has 0 radical (unpaired) electrons. The molecule has 2 aromatic rings. The number of halogens is 2. The number of nitrogens with one attached hydrogen (secondary N) is 2. The maximum Gasteiger partial charge on any atom is 0.224 e. The highest BCUT2D eigenvalue weighted by Crippen LogP contribution is 2.16. The van der Waals surface area contributed by atoms with E-state index in [0.717, 1.165) is 43.1 Å². The second-order valence-electron chi connectivity index (χ2n) is 7.63. The Kier molecular flexibility index (Phi) is 7.90. The van der Waals surface area contributed by atoms with E-state index in [1.807, 2.05) is 30.3 Å². The number of carbonyl (C=O) groups is 2. The van der Waals surface area contributed by atoms with Gasteiger partial charge in [0.25, 0.3) is 0 Å². The Hall–Kier alpha value is -2.80. The highest BCUT2D eigenvalue weighted by Gasteiger charge is 2.21. The van der Waals surface area contributed by atoms with Crippen LogP contribution >= 0.6 is 0 Å². The van der Waals surface area contributed by atoms with Crippen molar-refractivity contribution in [3.63, 3.8) is 0 Å². The topological polar surface area (TPSA) is 61.4 Å². The summed E-state index contributed by atoms with van der Waals surface area (Å²) in [6.07, 6.45) is 2.15. The Balaban J connectivity index is 1.31. The molecule has 2 N–H and O–H groups in total. The highest BCUT2D eigenvalue weighted by molar-refractivity contribution is 5.80. The molecule has 0 unspecified atom stereocenters. The predicted octanol–water partition coefficient (Wildman–Crippen LogP) is 2.79. The number of amides is 2. The summed E-state index contributed by atoms with van der Waals surface area (Å²) in [5, 5.41) is 5.79. The molecule has 0 aliphatic carbocycles. The van der Waals surface area contributed by atoms with E-state index in [2.05, 4.69) is 15.5 Å². The summed E-state index contributed by atoms with van der Waals surface area (Å²) in [5.41, 5.74) is 1.68. The molecule has 0 bridgehead atoms. The third kappa shape index (κ3) is 6.91. The van der Waals surface area contributed by atoms with Gasteiger partial charge < -0.3 is 10.6 Å². The number of piperidine rings is 1. The number of benzene rings is 2. The average Bonchev–Trinajstić information content (AvgIpc) is 2.73. The van der Waals surface area contributed by atoms with Gasteiger partial charge in [-0.1, -0.05) is 36.4 Å². The highest BCUT2D eigenvalue weighted by atomic mass is 19.2. The van der Waals surface area contributed by atoms with Crippen LogP contribution in [0.25, 0.3) is 0 Å². The average molecular weight is 415 g/mol. The van der Waals surface area contributed by atoms with E-state index in [1.165, 1.54) is 6.07 Å². The summed E-state index contributed by atoms with van der Waals surface area (Å²) < 4.78 is 26.4. The van der Waals surface area contributed by atoms with Crippen LogP contribution in [0.5, 0.6) is 0 Å². The summed E-state index contributed by atoms with van der Waals surface area (Å²) in [5.74, 6) is -1.84.